The van der Waals surface area contributed by atoms with E-state index >= 15 is 0 Å². The maximum Gasteiger partial charge on any atom is 0.244 e. The minimum absolute atomic E-state index is 0.148. The van der Waals surface area contributed by atoms with Crippen molar-refractivity contribution in [2.75, 3.05) is 0 Å². The summed E-state index contributed by atoms with van der Waals surface area (Å²) in [6, 6.07) is 0. The molecule has 0 radical (unpaired) electrons. The molecule has 0 aliphatic carbocycles. The Kier molecular flexibility index (Phi) is 2.75. The molecule has 8 heteroatoms. The third kappa shape index (κ3) is 2.28. The van der Waals surface area contributed by atoms with Gasteiger partial charge in [-0.1, -0.05) is 0 Å². The molecule has 0 aliphatic rings. The fraction of sp³-hybridized carbons (Fsp3) is 0.250. The summed E-state index contributed by atoms with van der Waals surface area (Å²) >= 11 is 0. The highest BCUT2D eigenvalue weighted by Gasteiger charge is 2.15. The molecule has 7 nitrogen and oxygen atoms in total. The smallest absolute Gasteiger partial charge is 0.244 e. The van der Waals surface area contributed by atoms with Gasteiger partial charge in [0.05, 0.1) is 19.1 Å². The first-order valence-corrected chi connectivity index (χ1v) is 6.02. The number of H-pyrrole nitrogens is 1. The van der Waals surface area contributed by atoms with Crippen molar-refractivity contribution in [3.8, 4) is 0 Å². The SMILES string of the molecule is Cn1cc(S(=O)(=O)NCc2cnc[nH]2)cn1. The van der Waals surface area contributed by atoms with Crippen molar-refractivity contribution >= 4 is 10.0 Å². The van der Waals surface area contributed by atoms with E-state index in [-0.39, 0.29) is 11.4 Å². The number of aromatic nitrogens is 4. The average Bonchev–Trinajstić information content (AvgIpc) is 2.85. The fourth-order valence-electron chi connectivity index (χ4n) is 1.18. The van der Waals surface area contributed by atoms with Gasteiger partial charge >= 0.3 is 0 Å². The number of imidazole rings is 1. The molecule has 0 fully saturated rings. The van der Waals surface area contributed by atoms with Gasteiger partial charge in [0.2, 0.25) is 10.0 Å². The number of nitrogens with one attached hydrogen (secondary N) is 2. The first kappa shape index (κ1) is 10.8. The molecule has 0 amide bonds. The Hall–Kier alpha value is -1.67. The average molecular weight is 241 g/mol. The number of sulfonamides is 1. The Morgan fingerprint density at radius 3 is 2.88 bits per heavy atom. The van der Waals surface area contributed by atoms with Crippen molar-refractivity contribution in [3.05, 3.63) is 30.6 Å². The van der Waals surface area contributed by atoms with Gasteiger partial charge in [-0.2, -0.15) is 5.10 Å². The summed E-state index contributed by atoms with van der Waals surface area (Å²) in [5, 5.41) is 3.81. The highest BCUT2D eigenvalue weighted by atomic mass is 32.2. The first-order valence-electron chi connectivity index (χ1n) is 4.53. The number of aryl methyl sites for hydroxylation is 1. The number of nitrogens with zero attached hydrogens (tertiary/aromatic N) is 3. The first-order chi connectivity index (χ1) is 7.58. The van der Waals surface area contributed by atoms with E-state index < -0.39 is 10.0 Å². The summed E-state index contributed by atoms with van der Waals surface area (Å²) in [4.78, 5) is 6.75. The van der Waals surface area contributed by atoms with E-state index in [1.165, 1.54) is 23.4 Å². The number of rotatable bonds is 4. The topological polar surface area (TPSA) is 92.7 Å². The molecule has 0 saturated heterocycles. The van der Waals surface area contributed by atoms with Gasteiger partial charge in [-0.05, 0) is 0 Å². The zero-order valence-electron chi connectivity index (χ0n) is 8.58. The van der Waals surface area contributed by atoms with Crippen molar-refractivity contribution in [1.82, 2.24) is 24.5 Å². The lowest BCUT2D eigenvalue weighted by atomic mass is 10.5. The number of hydrogen-bond acceptors (Lipinski definition) is 4. The predicted molar refractivity (Wildman–Crippen MR) is 55.8 cm³/mol. The van der Waals surface area contributed by atoms with Crippen LogP contribution in [-0.2, 0) is 23.6 Å². The molecule has 2 aromatic rings. The van der Waals surface area contributed by atoms with Gasteiger partial charge < -0.3 is 4.98 Å². The van der Waals surface area contributed by atoms with E-state index in [1.54, 1.807) is 13.2 Å². The molecule has 2 heterocycles. The Morgan fingerprint density at radius 2 is 2.31 bits per heavy atom. The van der Waals surface area contributed by atoms with Crippen LogP contribution in [0, 0.1) is 0 Å². The van der Waals surface area contributed by atoms with Gasteiger partial charge in [0.25, 0.3) is 0 Å². The van der Waals surface area contributed by atoms with Crippen molar-refractivity contribution in [2.45, 2.75) is 11.4 Å². The second kappa shape index (κ2) is 4.06. The normalized spacial score (nSPS) is 11.8. The molecule has 0 aromatic carbocycles. The van der Waals surface area contributed by atoms with Gasteiger partial charge in [0, 0.05) is 25.1 Å². The Balaban J connectivity index is 2.09. The van der Waals surface area contributed by atoms with E-state index in [9.17, 15) is 8.42 Å². The molecule has 16 heavy (non-hydrogen) atoms. The zero-order chi connectivity index (χ0) is 11.6. The van der Waals surface area contributed by atoms with E-state index in [2.05, 4.69) is 19.8 Å². The summed E-state index contributed by atoms with van der Waals surface area (Å²) < 4.78 is 27.4. The van der Waals surface area contributed by atoms with Crippen LogP contribution < -0.4 is 4.72 Å². The lowest BCUT2D eigenvalue weighted by molar-refractivity contribution is 0.580. The molecular formula is C8H11N5O2S. The van der Waals surface area contributed by atoms with Crippen LogP contribution in [-0.4, -0.2) is 28.2 Å². The minimum atomic E-state index is -3.50. The van der Waals surface area contributed by atoms with Gasteiger partial charge in [-0.3, -0.25) is 4.68 Å². The zero-order valence-corrected chi connectivity index (χ0v) is 9.40. The summed E-state index contributed by atoms with van der Waals surface area (Å²) in [5.41, 5.74) is 0.701. The van der Waals surface area contributed by atoms with Crippen LogP contribution in [0.4, 0.5) is 0 Å². The van der Waals surface area contributed by atoms with Gasteiger partial charge in [0.15, 0.2) is 0 Å². The fourth-order valence-corrected chi connectivity index (χ4v) is 2.16. The monoisotopic (exact) mass is 241 g/mol. The Labute approximate surface area is 92.6 Å². The largest absolute Gasteiger partial charge is 0.347 e. The second-order valence-corrected chi connectivity index (χ2v) is 5.02. The van der Waals surface area contributed by atoms with Gasteiger partial charge in [0.1, 0.15) is 4.90 Å². The van der Waals surface area contributed by atoms with E-state index in [4.69, 9.17) is 0 Å². The Morgan fingerprint density at radius 1 is 1.50 bits per heavy atom. The maximum atomic E-state index is 11.7. The minimum Gasteiger partial charge on any atom is -0.347 e. The third-order valence-electron chi connectivity index (χ3n) is 2.00. The summed E-state index contributed by atoms with van der Waals surface area (Å²) in [6.45, 7) is 0.178. The highest BCUT2D eigenvalue weighted by Crippen LogP contribution is 2.06. The molecule has 0 spiro atoms. The van der Waals surface area contributed by atoms with Crippen LogP contribution in [0.25, 0.3) is 0 Å². The molecule has 0 bridgehead atoms. The molecule has 2 rings (SSSR count). The molecule has 0 unspecified atom stereocenters. The van der Waals surface area contributed by atoms with Crippen LogP contribution in [0.5, 0.6) is 0 Å². The van der Waals surface area contributed by atoms with Crippen LogP contribution >= 0.6 is 0 Å². The van der Waals surface area contributed by atoms with Crippen molar-refractivity contribution in [2.24, 2.45) is 7.05 Å². The summed E-state index contributed by atoms with van der Waals surface area (Å²) in [6.07, 6.45) is 5.80. The molecule has 2 aromatic heterocycles. The predicted octanol–water partition coefficient (Wildman–Crippen LogP) is -0.378. The molecule has 0 aliphatic heterocycles. The standard InChI is InChI=1S/C8H11N5O2S/c1-13-5-8(4-11-13)16(14,15)12-3-7-2-9-6-10-7/h2,4-6,12H,3H2,1H3,(H,9,10). The third-order valence-corrected chi connectivity index (χ3v) is 3.35. The van der Waals surface area contributed by atoms with Crippen LogP contribution in [0.15, 0.2) is 29.8 Å². The number of hydrogen-bond donors (Lipinski definition) is 2. The van der Waals surface area contributed by atoms with Crippen molar-refractivity contribution in [1.29, 1.82) is 0 Å². The van der Waals surface area contributed by atoms with Gasteiger partial charge in [-0.25, -0.2) is 18.1 Å². The van der Waals surface area contributed by atoms with Crippen LogP contribution in [0.1, 0.15) is 5.69 Å². The highest BCUT2D eigenvalue weighted by molar-refractivity contribution is 7.89. The molecular weight excluding hydrogens is 230 g/mol. The van der Waals surface area contributed by atoms with E-state index in [0.29, 0.717) is 5.69 Å². The Bertz CT molecular complexity index is 557. The summed E-state index contributed by atoms with van der Waals surface area (Å²) in [5.74, 6) is 0. The molecule has 0 atom stereocenters. The van der Waals surface area contributed by atoms with Crippen molar-refractivity contribution < 1.29 is 8.42 Å². The second-order valence-electron chi connectivity index (χ2n) is 3.25. The van der Waals surface area contributed by atoms with E-state index in [1.807, 2.05) is 0 Å². The maximum absolute atomic E-state index is 11.7. The van der Waals surface area contributed by atoms with Crippen LogP contribution in [0.3, 0.4) is 0 Å². The summed E-state index contributed by atoms with van der Waals surface area (Å²) in [7, 11) is -1.84. The number of aromatic amines is 1. The molecule has 2 N–H and O–H groups in total. The van der Waals surface area contributed by atoms with Gasteiger partial charge in [-0.15, -0.1) is 0 Å². The molecule has 86 valence electrons. The van der Waals surface area contributed by atoms with Crippen LogP contribution in [0.2, 0.25) is 0 Å². The van der Waals surface area contributed by atoms with Crippen molar-refractivity contribution in [3.63, 3.8) is 0 Å². The quantitative estimate of drug-likeness (QED) is 0.763. The molecule has 0 saturated carbocycles. The lowest BCUT2D eigenvalue weighted by Gasteiger charge is -2.02. The lowest BCUT2D eigenvalue weighted by Crippen LogP contribution is -2.23. The van der Waals surface area contributed by atoms with E-state index in [0.717, 1.165) is 0 Å².